The molecule has 0 N–H and O–H groups in total. The van der Waals surface area contributed by atoms with E-state index in [4.69, 9.17) is 37.7 Å². The number of hydrogen-bond acceptors (Lipinski definition) is 12. The molecule has 1 aromatic carbocycles. The number of rotatable bonds is 8. The number of hydrogen-bond donors (Lipinski definition) is 0. The van der Waals surface area contributed by atoms with Gasteiger partial charge in [-0.2, -0.15) is 13.2 Å². The zero-order valence-electron chi connectivity index (χ0n) is 25.2. The number of halogens is 4. The van der Waals surface area contributed by atoms with Crippen LogP contribution in [0.25, 0.3) is 0 Å². The first-order valence-corrected chi connectivity index (χ1v) is 13.4. The minimum absolute atomic E-state index is 0.303. The van der Waals surface area contributed by atoms with E-state index in [0.717, 1.165) is 33.8 Å². The minimum atomic E-state index is -5.20. The van der Waals surface area contributed by atoms with Crippen LogP contribution in [0, 0.1) is 5.82 Å². The summed E-state index contributed by atoms with van der Waals surface area (Å²) in [6.45, 7) is 9.89. The molecule has 1 aromatic rings. The van der Waals surface area contributed by atoms with Crippen LogP contribution < -0.4 is 10.2 Å². The number of ether oxygens (including phenoxy) is 6. The van der Waals surface area contributed by atoms with Gasteiger partial charge in [0.25, 0.3) is 0 Å². The summed E-state index contributed by atoms with van der Waals surface area (Å²) in [4.78, 5) is 47.4. The summed E-state index contributed by atoms with van der Waals surface area (Å²) < 4.78 is 102. The Morgan fingerprint density at radius 1 is 0.818 bits per heavy atom. The van der Waals surface area contributed by atoms with Crippen molar-refractivity contribution in [2.24, 2.45) is 0 Å². The van der Waals surface area contributed by atoms with Crippen LogP contribution in [0.5, 0.6) is 5.75 Å². The molecule has 2 aliphatic heterocycles. The molecule has 2 saturated heterocycles. The van der Waals surface area contributed by atoms with Crippen LogP contribution in [0.3, 0.4) is 0 Å². The predicted molar refractivity (Wildman–Crippen MR) is 140 cm³/mol. The molecule has 5 atom stereocenters. The Bertz CT molecular complexity index is 1270. The van der Waals surface area contributed by atoms with Gasteiger partial charge in [-0.15, -0.1) is 0 Å². The molecule has 0 saturated carbocycles. The van der Waals surface area contributed by atoms with E-state index in [1.807, 2.05) is 0 Å². The quantitative estimate of drug-likeness (QED) is 0.179. The molecule has 0 unspecified atom stereocenters. The molecule has 3 rings (SSSR count). The van der Waals surface area contributed by atoms with Crippen LogP contribution in [0.2, 0.25) is 0 Å². The van der Waals surface area contributed by atoms with Crippen molar-refractivity contribution in [3.63, 3.8) is 0 Å². The highest BCUT2D eigenvalue weighted by Gasteiger charge is 2.55. The van der Waals surface area contributed by atoms with Crippen molar-refractivity contribution in [2.75, 3.05) is 6.61 Å². The van der Waals surface area contributed by atoms with E-state index < -0.39 is 103 Å². The van der Waals surface area contributed by atoms with Gasteiger partial charge in [0.1, 0.15) is 18.3 Å². The number of benzene rings is 1. The second kappa shape index (κ2) is 12.9. The normalized spacial score (nSPS) is 26.0. The first kappa shape index (κ1) is 35.0. The Morgan fingerprint density at radius 3 is 1.80 bits per heavy atom. The lowest BCUT2D eigenvalue weighted by molar-refractivity contribution is -0.289. The summed E-state index contributed by atoms with van der Waals surface area (Å²) in [7, 11) is -1.37. The predicted octanol–water partition coefficient (Wildman–Crippen LogP) is 2.61. The number of alkyl halides is 3. The summed E-state index contributed by atoms with van der Waals surface area (Å²) in [6.07, 6.45) is -14.1. The van der Waals surface area contributed by atoms with Gasteiger partial charge in [-0.1, -0.05) is 0 Å². The molecule has 44 heavy (non-hydrogen) atoms. The standard InChI is InChI=1S/C27H33BF4O12/c1-12(33)37-11-19-21(38-13(2)34)22(39-14(3)35)23(40-15(4)36)24(41-19)42-20-17(27(30,31)32)9-16(10-18(20)29)28-43-25(5,6)26(7,8)44-28/h9-10,19,21-24H,11H2,1-8H3/t19-,21-,22+,23+,24-/m1/s1. The molecule has 2 aliphatic rings. The molecular weight excluding hydrogens is 603 g/mol. The van der Waals surface area contributed by atoms with Crippen molar-refractivity contribution in [1.29, 1.82) is 0 Å². The van der Waals surface area contributed by atoms with Crippen molar-refractivity contribution < 1.29 is 74.5 Å². The number of carbonyl (C=O) groups excluding carboxylic acids is 4. The summed E-state index contributed by atoms with van der Waals surface area (Å²) in [6, 6.07) is 1.30. The zero-order valence-corrected chi connectivity index (χ0v) is 25.2. The van der Waals surface area contributed by atoms with Gasteiger partial charge in [0.2, 0.25) is 12.4 Å². The smallest absolute Gasteiger partial charge is 0.463 e. The molecule has 0 bridgehead atoms. The molecule has 244 valence electrons. The summed E-state index contributed by atoms with van der Waals surface area (Å²) in [5.41, 5.74) is -3.80. The largest absolute Gasteiger partial charge is 0.494 e. The fraction of sp³-hybridized carbons (Fsp3) is 0.630. The van der Waals surface area contributed by atoms with E-state index in [0.29, 0.717) is 6.07 Å². The molecule has 0 amide bonds. The average molecular weight is 636 g/mol. The number of esters is 4. The monoisotopic (exact) mass is 636 g/mol. The maximum atomic E-state index is 15.6. The second-order valence-electron chi connectivity index (χ2n) is 11.2. The van der Waals surface area contributed by atoms with Gasteiger partial charge in [0.15, 0.2) is 23.8 Å². The number of carbonyl (C=O) groups is 4. The van der Waals surface area contributed by atoms with Crippen molar-refractivity contribution in [1.82, 2.24) is 0 Å². The van der Waals surface area contributed by atoms with Crippen LogP contribution in [0.15, 0.2) is 12.1 Å². The maximum absolute atomic E-state index is 15.6. The van der Waals surface area contributed by atoms with Gasteiger partial charge in [-0.3, -0.25) is 19.2 Å². The third-order valence-corrected chi connectivity index (χ3v) is 7.08. The molecule has 2 fully saturated rings. The lowest BCUT2D eigenvalue weighted by Crippen LogP contribution is -2.63. The summed E-state index contributed by atoms with van der Waals surface area (Å²) >= 11 is 0. The topological polar surface area (TPSA) is 142 Å². The van der Waals surface area contributed by atoms with Gasteiger partial charge >= 0.3 is 37.2 Å². The molecule has 0 aliphatic carbocycles. The van der Waals surface area contributed by atoms with Crippen LogP contribution in [-0.4, -0.2) is 79.5 Å². The molecule has 0 spiro atoms. The Kier molecular flexibility index (Phi) is 10.3. The maximum Gasteiger partial charge on any atom is 0.494 e. The lowest BCUT2D eigenvalue weighted by Gasteiger charge is -2.44. The second-order valence-corrected chi connectivity index (χ2v) is 11.2. The van der Waals surface area contributed by atoms with E-state index >= 15 is 4.39 Å². The Balaban J connectivity index is 2.12. The lowest BCUT2D eigenvalue weighted by atomic mass is 9.78. The van der Waals surface area contributed by atoms with Crippen LogP contribution in [-0.2, 0) is 58.3 Å². The third-order valence-electron chi connectivity index (χ3n) is 7.08. The fourth-order valence-corrected chi connectivity index (χ4v) is 4.46. The van der Waals surface area contributed by atoms with Gasteiger partial charge in [0, 0.05) is 27.7 Å². The average Bonchev–Trinajstić information content (AvgIpc) is 3.07. The first-order valence-electron chi connectivity index (χ1n) is 13.4. The van der Waals surface area contributed by atoms with Gasteiger partial charge in [0.05, 0.1) is 11.2 Å². The van der Waals surface area contributed by atoms with E-state index in [9.17, 15) is 32.3 Å². The van der Waals surface area contributed by atoms with Gasteiger partial charge < -0.3 is 37.7 Å². The highest BCUT2D eigenvalue weighted by atomic mass is 19.4. The third kappa shape index (κ3) is 7.98. The van der Waals surface area contributed by atoms with Crippen LogP contribution >= 0.6 is 0 Å². The Morgan fingerprint density at radius 2 is 1.32 bits per heavy atom. The first-order chi connectivity index (χ1) is 20.1. The van der Waals surface area contributed by atoms with Crippen molar-refractivity contribution in [3.8, 4) is 5.75 Å². The highest BCUT2D eigenvalue weighted by Crippen LogP contribution is 2.41. The molecule has 12 nitrogen and oxygen atoms in total. The minimum Gasteiger partial charge on any atom is -0.463 e. The van der Waals surface area contributed by atoms with Crippen molar-refractivity contribution >= 4 is 36.5 Å². The van der Waals surface area contributed by atoms with Crippen LogP contribution in [0.1, 0.15) is 61.0 Å². The van der Waals surface area contributed by atoms with Crippen LogP contribution in [0.4, 0.5) is 17.6 Å². The van der Waals surface area contributed by atoms with E-state index in [-0.39, 0.29) is 5.46 Å². The van der Waals surface area contributed by atoms with Crippen molar-refractivity contribution in [2.45, 2.75) is 103 Å². The van der Waals surface area contributed by atoms with Gasteiger partial charge in [-0.25, -0.2) is 4.39 Å². The van der Waals surface area contributed by atoms with E-state index in [2.05, 4.69) is 0 Å². The SMILES string of the molecule is CC(=O)OC[C@H]1O[C@H](Oc2c(F)cc(B3OC(C)(C)C(C)(C)O3)cc2C(F)(F)F)[C@@H](OC(C)=O)[C@@H](OC(C)=O)[C@@H]1OC(C)=O. The fourth-order valence-electron chi connectivity index (χ4n) is 4.46. The van der Waals surface area contributed by atoms with Crippen molar-refractivity contribution in [3.05, 3.63) is 23.5 Å². The molecule has 0 radical (unpaired) electrons. The molecule has 0 aromatic heterocycles. The summed E-state index contributed by atoms with van der Waals surface area (Å²) in [5, 5.41) is 0. The molecule has 17 heteroatoms. The Hall–Kier alpha value is -3.44. The van der Waals surface area contributed by atoms with E-state index in [1.54, 1.807) is 27.7 Å². The highest BCUT2D eigenvalue weighted by molar-refractivity contribution is 6.62. The zero-order chi connectivity index (χ0) is 33.4. The molecule has 2 heterocycles. The summed E-state index contributed by atoms with van der Waals surface area (Å²) in [5.74, 6) is -6.63. The van der Waals surface area contributed by atoms with E-state index in [1.165, 1.54) is 0 Å². The van der Waals surface area contributed by atoms with Gasteiger partial charge in [-0.05, 0) is 45.3 Å². The Labute approximate surface area is 250 Å². The molecular formula is C27H33BF4O12.